The minimum absolute atomic E-state index is 0.00241. The Balaban J connectivity index is 1.37. The van der Waals surface area contributed by atoms with Crippen LogP contribution in [0.25, 0.3) is 0 Å². The summed E-state index contributed by atoms with van der Waals surface area (Å²) in [4.78, 5) is 50.9. The molecule has 14 heteroatoms. The first-order valence-electron chi connectivity index (χ1n) is 12.6. The lowest BCUT2D eigenvalue weighted by Crippen LogP contribution is -2.71. The van der Waals surface area contributed by atoms with Crippen LogP contribution in [0.1, 0.15) is 30.0 Å². The smallest absolute Gasteiger partial charge is 0.356 e. The predicted molar refractivity (Wildman–Crippen MR) is 164 cm³/mol. The molecule has 3 N–H and O–H groups in total. The summed E-state index contributed by atoms with van der Waals surface area (Å²) in [6, 6.07) is 18.0. The highest BCUT2D eigenvalue weighted by molar-refractivity contribution is 14.1. The van der Waals surface area contributed by atoms with Crippen molar-refractivity contribution in [2.75, 3.05) is 22.5 Å². The van der Waals surface area contributed by atoms with E-state index in [4.69, 9.17) is 15.3 Å². The van der Waals surface area contributed by atoms with E-state index >= 15 is 0 Å². The van der Waals surface area contributed by atoms with E-state index in [9.17, 15) is 14.4 Å². The molecular formula is C27H25IN6O5S2. The molecule has 41 heavy (non-hydrogen) atoms. The Hall–Kier alpha value is -3.50. The van der Waals surface area contributed by atoms with Crippen LogP contribution in [-0.4, -0.2) is 66.0 Å². The molecule has 3 aromatic rings. The predicted octanol–water partition coefficient (Wildman–Crippen LogP) is 3.28. The highest BCUT2D eigenvalue weighted by Gasteiger charge is 2.55. The number of halogens is 1. The fourth-order valence-corrected chi connectivity index (χ4v) is 7.15. The molecule has 3 heterocycles. The number of nitrogens with one attached hydrogen (secondary N) is 1. The maximum absolute atomic E-state index is 13.8. The van der Waals surface area contributed by atoms with Gasteiger partial charge in [-0.1, -0.05) is 88.4 Å². The number of hydrogen-bond acceptors (Lipinski definition) is 11. The second kappa shape index (κ2) is 13.0. The Kier molecular flexibility index (Phi) is 9.19. The van der Waals surface area contributed by atoms with Crippen molar-refractivity contribution in [1.29, 1.82) is 0 Å². The number of β-lactam (4-membered cyclic amide) rings is 1. The number of carbonyl (C=O) groups is 3. The van der Waals surface area contributed by atoms with Gasteiger partial charge in [-0.15, -0.1) is 11.8 Å². The number of carbonyl (C=O) groups excluding carboxylic acids is 3. The van der Waals surface area contributed by atoms with E-state index in [2.05, 4.69) is 42.4 Å². The summed E-state index contributed by atoms with van der Waals surface area (Å²) in [6.07, 6.45) is -0.664. The summed E-state index contributed by atoms with van der Waals surface area (Å²) in [5.74, 6) is -1.21. The summed E-state index contributed by atoms with van der Waals surface area (Å²) < 4.78 is 10.7. The molecule has 0 bridgehead atoms. The van der Waals surface area contributed by atoms with Gasteiger partial charge in [0, 0.05) is 21.7 Å². The van der Waals surface area contributed by atoms with Crippen molar-refractivity contribution in [2.45, 2.75) is 24.4 Å². The zero-order chi connectivity index (χ0) is 28.9. The molecule has 212 valence electrons. The van der Waals surface area contributed by atoms with Gasteiger partial charge < -0.3 is 20.6 Å². The molecule has 11 nitrogen and oxygen atoms in total. The molecule has 2 aliphatic rings. The highest BCUT2D eigenvalue weighted by atomic mass is 127. The molecule has 0 saturated carbocycles. The van der Waals surface area contributed by atoms with Gasteiger partial charge in [-0.25, -0.2) is 4.79 Å². The summed E-state index contributed by atoms with van der Waals surface area (Å²) in [6.45, 7) is 1.93. The Morgan fingerprint density at radius 1 is 1.17 bits per heavy atom. The molecule has 1 unspecified atom stereocenters. The molecule has 2 aliphatic heterocycles. The number of ether oxygens (including phenoxy) is 1. The van der Waals surface area contributed by atoms with Crippen LogP contribution in [0.15, 0.2) is 77.1 Å². The minimum atomic E-state index is -0.895. The van der Waals surface area contributed by atoms with Crippen molar-refractivity contribution in [3.8, 4) is 0 Å². The van der Waals surface area contributed by atoms with Crippen molar-refractivity contribution in [3.63, 3.8) is 0 Å². The topological polar surface area (TPSA) is 149 Å². The normalized spacial score (nSPS) is 18.6. The fourth-order valence-electron chi connectivity index (χ4n) is 4.38. The monoisotopic (exact) mass is 704 g/mol. The number of amides is 2. The number of benzene rings is 2. The third-order valence-electron chi connectivity index (χ3n) is 6.27. The first-order chi connectivity index (χ1) is 19.9. The summed E-state index contributed by atoms with van der Waals surface area (Å²) in [5, 5.41) is 6.21. The molecular weight excluding hydrogens is 679 g/mol. The molecule has 2 atom stereocenters. The zero-order valence-corrected chi connectivity index (χ0v) is 25.5. The summed E-state index contributed by atoms with van der Waals surface area (Å²) in [5.41, 5.74) is 8.10. The Morgan fingerprint density at radius 3 is 2.39 bits per heavy atom. The molecule has 1 aromatic heterocycles. The second-order valence-electron chi connectivity index (χ2n) is 8.87. The van der Waals surface area contributed by atoms with Gasteiger partial charge in [0.05, 0.1) is 0 Å². The maximum atomic E-state index is 13.8. The average molecular weight is 705 g/mol. The Morgan fingerprint density at radius 2 is 1.83 bits per heavy atom. The number of nitrogens with zero attached hydrogens (tertiary/aromatic N) is 4. The van der Waals surface area contributed by atoms with Gasteiger partial charge in [-0.3, -0.25) is 14.5 Å². The SMILES string of the molecule is CCON=C(C(=O)NC1C(=O)N2C(C(=O)OC(c3ccccc3)c3ccccc3)=C(CI)CS[C@H]12)c1nsc(N)n1. The second-order valence-corrected chi connectivity index (χ2v) is 11.5. The summed E-state index contributed by atoms with van der Waals surface area (Å²) >= 11 is 4.55. The van der Waals surface area contributed by atoms with E-state index < -0.39 is 35.3 Å². The van der Waals surface area contributed by atoms with Crippen molar-refractivity contribution in [2.24, 2.45) is 5.16 Å². The third-order valence-corrected chi connectivity index (χ3v) is 9.07. The molecule has 2 amide bonds. The number of aromatic nitrogens is 2. The van der Waals surface area contributed by atoms with E-state index in [1.54, 1.807) is 6.92 Å². The maximum Gasteiger partial charge on any atom is 0.356 e. The van der Waals surface area contributed by atoms with Crippen LogP contribution < -0.4 is 11.1 Å². The quantitative estimate of drug-likeness (QED) is 0.0810. The fraction of sp³-hybridized carbons (Fsp3) is 0.259. The van der Waals surface area contributed by atoms with Gasteiger partial charge in [0.15, 0.2) is 11.2 Å². The van der Waals surface area contributed by atoms with E-state index in [0.29, 0.717) is 10.2 Å². The van der Waals surface area contributed by atoms with Gasteiger partial charge in [0.25, 0.3) is 11.8 Å². The molecule has 1 saturated heterocycles. The van der Waals surface area contributed by atoms with Crippen molar-refractivity contribution in [1.82, 2.24) is 19.6 Å². The standard InChI is InChI=1S/C27H25IN6O5S2/c1-2-38-32-18(22-31-27(29)41-33-22)23(35)30-19-24(36)34-20(17(13-28)14-40-25(19)34)26(37)39-21(15-9-5-3-6-10-15)16-11-7-4-8-12-16/h3-12,19,21,25H,2,13-14H2,1H3,(H,30,35)(H2,29,31,33)/t19?,25-/m1/s1. The molecule has 1 fully saturated rings. The number of rotatable bonds is 10. The number of thioether (sulfide) groups is 1. The van der Waals surface area contributed by atoms with Gasteiger partial charge in [-0.05, 0) is 23.6 Å². The van der Waals surface area contributed by atoms with Gasteiger partial charge in [0.1, 0.15) is 23.7 Å². The molecule has 2 aromatic carbocycles. The molecule has 0 spiro atoms. The third kappa shape index (κ3) is 6.08. The number of hydrogen-bond donors (Lipinski definition) is 2. The van der Waals surface area contributed by atoms with Crippen molar-refractivity contribution >= 4 is 74.5 Å². The first-order valence-corrected chi connectivity index (χ1v) is 15.9. The minimum Gasteiger partial charge on any atom is -0.448 e. The van der Waals surface area contributed by atoms with Crippen LogP contribution in [0, 0.1) is 0 Å². The lowest BCUT2D eigenvalue weighted by atomic mass is 10.0. The van der Waals surface area contributed by atoms with Gasteiger partial charge in [-0.2, -0.15) is 9.36 Å². The molecule has 5 rings (SSSR count). The van der Waals surface area contributed by atoms with Crippen molar-refractivity contribution in [3.05, 3.63) is 88.9 Å². The van der Waals surface area contributed by atoms with Crippen LogP contribution in [0.3, 0.4) is 0 Å². The zero-order valence-electron chi connectivity index (χ0n) is 21.7. The number of oxime groups is 1. The Bertz CT molecular complexity index is 1460. The number of nitrogen functional groups attached to an aromatic ring is 1. The van der Waals surface area contributed by atoms with Crippen LogP contribution in [0.4, 0.5) is 5.13 Å². The first kappa shape index (κ1) is 29.0. The van der Waals surface area contributed by atoms with E-state index in [1.165, 1.54) is 16.7 Å². The number of anilines is 1. The number of esters is 1. The number of fused-ring (bicyclic) bond motifs is 1. The average Bonchev–Trinajstić information content (AvgIpc) is 3.44. The van der Waals surface area contributed by atoms with Crippen LogP contribution >= 0.6 is 45.9 Å². The van der Waals surface area contributed by atoms with Crippen LogP contribution in [0.5, 0.6) is 0 Å². The number of nitrogens with two attached hydrogens (primary N) is 1. The molecule has 0 radical (unpaired) electrons. The lowest BCUT2D eigenvalue weighted by molar-refractivity contribution is -0.154. The van der Waals surface area contributed by atoms with E-state index in [-0.39, 0.29) is 29.0 Å². The van der Waals surface area contributed by atoms with Gasteiger partial charge >= 0.3 is 5.97 Å². The lowest BCUT2D eigenvalue weighted by Gasteiger charge is -2.49. The van der Waals surface area contributed by atoms with E-state index in [1.807, 2.05) is 60.7 Å². The molecule has 0 aliphatic carbocycles. The van der Waals surface area contributed by atoms with Crippen LogP contribution in [-0.2, 0) is 24.0 Å². The summed E-state index contributed by atoms with van der Waals surface area (Å²) in [7, 11) is 0. The Labute approximate surface area is 257 Å². The van der Waals surface area contributed by atoms with Crippen LogP contribution in [0.2, 0.25) is 0 Å². The highest BCUT2D eigenvalue weighted by Crippen LogP contribution is 2.42. The van der Waals surface area contributed by atoms with Crippen molar-refractivity contribution < 1.29 is 24.0 Å². The van der Waals surface area contributed by atoms with Gasteiger partial charge in [0.2, 0.25) is 11.5 Å². The largest absolute Gasteiger partial charge is 0.448 e. The van der Waals surface area contributed by atoms with E-state index in [0.717, 1.165) is 28.2 Å². The number of alkyl halides is 1.